The van der Waals surface area contributed by atoms with Gasteiger partial charge in [0.05, 0.1) is 0 Å². The van der Waals surface area contributed by atoms with Gasteiger partial charge in [0.15, 0.2) is 0 Å². The van der Waals surface area contributed by atoms with Crippen LogP contribution in [0.15, 0.2) is 46.8 Å². The van der Waals surface area contributed by atoms with Crippen molar-refractivity contribution in [1.82, 2.24) is 14.9 Å². The number of nitrogens with zero attached hydrogens (tertiary/aromatic N) is 2. The number of carbonyl (C=O) groups is 1. The van der Waals surface area contributed by atoms with Crippen molar-refractivity contribution in [1.29, 1.82) is 0 Å². The van der Waals surface area contributed by atoms with E-state index >= 15 is 0 Å². The first-order chi connectivity index (χ1) is 14.2. The average molecular weight is 447 g/mol. The lowest BCUT2D eigenvalue weighted by molar-refractivity contribution is 0.102. The first-order valence-corrected chi connectivity index (χ1v) is 11.5. The number of anilines is 1. The zero-order valence-corrected chi connectivity index (χ0v) is 18.4. The molecule has 0 spiro atoms. The molecule has 3 rings (SSSR count). The molecule has 1 heterocycles. The number of hydrogen-bond acceptors (Lipinski definition) is 7. The molecule has 1 amide bonds. The van der Waals surface area contributed by atoms with Gasteiger partial charge in [-0.2, -0.15) is 0 Å². The van der Waals surface area contributed by atoms with Crippen molar-refractivity contribution in [2.75, 3.05) is 18.5 Å². The smallest absolute Gasteiger partial charge is 0.269 e. The highest BCUT2D eigenvalue weighted by Gasteiger charge is 2.21. The van der Waals surface area contributed by atoms with Crippen LogP contribution in [0.2, 0.25) is 0 Å². The van der Waals surface area contributed by atoms with Crippen molar-refractivity contribution in [3.05, 3.63) is 64.7 Å². The molecule has 0 fully saturated rings. The Morgan fingerprint density at radius 2 is 1.87 bits per heavy atom. The van der Waals surface area contributed by atoms with Crippen LogP contribution in [0.3, 0.4) is 0 Å². The van der Waals surface area contributed by atoms with Crippen molar-refractivity contribution >= 4 is 32.4 Å². The maximum Gasteiger partial charge on any atom is 0.269 e. The highest BCUT2D eigenvalue weighted by atomic mass is 32.2. The molecule has 2 aromatic carbocycles. The molecule has 8 nitrogen and oxygen atoms in total. The molecule has 10 heteroatoms. The molecule has 0 atom stereocenters. The van der Waals surface area contributed by atoms with Gasteiger partial charge in [-0.15, -0.1) is 10.2 Å². The van der Waals surface area contributed by atoms with Gasteiger partial charge >= 0.3 is 0 Å². The average Bonchev–Trinajstić information content (AvgIpc) is 3.17. The maximum atomic E-state index is 12.4. The second kappa shape index (κ2) is 9.33. The molecule has 0 aliphatic carbocycles. The number of aryl methyl sites for hydroxylation is 3. The molecular weight excluding hydrogens is 424 g/mol. The van der Waals surface area contributed by atoms with Crippen molar-refractivity contribution in [3.63, 3.8) is 0 Å². The van der Waals surface area contributed by atoms with Gasteiger partial charge in [0.25, 0.3) is 15.9 Å². The summed E-state index contributed by atoms with van der Waals surface area (Å²) in [5.74, 6) is 0.294. The van der Waals surface area contributed by atoms with E-state index in [4.69, 9.17) is 4.74 Å². The van der Waals surface area contributed by atoms with Gasteiger partial charge in [0, 0.05) is 12.1 Å². The van der Waals surface area contributed by atoms with E-state index in [0.29, 0.717) is 11.3 Å². The maximum absolute atomic E-state index is 12.4. The minimum Gasteiger partial charge on any atom is -0.492 e. The van der Waals surface area contributed by atoms with E-state index in [-0.39, 0.29) is 28.5 Å². The summed E-state index contributed by atoms with van der Waals surface area (Å²) in [5, 5.41) is 10.1. The third kappa shape index (κ3) is 5.62. The Morgan fingerprint density at radius 3 is 2.60 bits per heavy atom. The summed E-state index contributed by atoms with van der Waals surface area (Å²) in [6, 6.07) is 12.7. The van der Waals surface area contributed by atoms with Crippen molar-refractivity contribution in [2.24, 2.45) is 0 Å². The summed E-state index contributed by atoms with van der Waals surface area (Å²) in [5.41, 5.74) is 3.65. The van der Waals surface area contributed by atoms with Crippen LogP contribution < -0.4 is 14.8 Å². The molecular formula is C20H22N4O4S2. The topological polar surface area (TPSA) is 110 Å². The van der Waals surface area contributed by atoms with E-state index in [1.165, 1.54) is 0 Å². The first kappa shape index (κ1) is 21.9. The number of hydrogen-bond donors (Lipinski definition) is 2. The standard InChI is InChI=1S/C20H22N4O4S2/c1-13-5-4-6-16(11-13)18(25)22-19-23-24-20(29-19)30(26,27)21-9-10-28-17-8-7-14(2)15(3)12-17/h4-8,11-12,21H,9-10H2,1-3H3,(H,22,23,25). The zero-order chi connectivity index (χ0) is 21.7. The Hall–Kier alpha value is -2.82. The van der Waals surface area contributed by atoms with E-state index in [0.717, 1.165) is 28.0 Å². The molecule has 0 saturated heterocycles. The number of benzene rings is 2. The highest BCUT2D eigenvalue weighted by Crippen LogP contribution is 2.21. The SMILES string of the molecule is Cc1cccc(C(=O)Nc2nnc(S(=O)(=O)NCCOc3ccc(C)c(C)c3)s2)c1. The molecule has 0 radical (unpaired) electrons. The molecule has 1 aromatic heterocycles. The summed E-state index contributed by atoms with van der Waals surface area (Å²) >= 11 is 0.780. The van der Waals surface area contributed by atoms with Crippen LogP contribution in [0.1, 0.15) is 27.0 Å². The summed E-state index contributed by atoms with van der Waals surface area (Å²) in [6.07, 6.45) is 0. The van der Waals surface area contributed by atoms with Crippen LogP contribution >= 0.6 is 11.3 Å². The Morgan fingerprint density at radius 1 is 1.07 bits per heavy atom. The molecule has 3 aromatic rings. The minimum atomic E-state index is -3.85. The number of aromatic nitrogens is 2. The van der Waals surface area contributed by atoms with Crippen LogP contribution in [0.4, 0.5) is 5.13 Å². The van der Waals surface area contributed by atoms with Gasteiger partial charge in [-0.3, -0.25) is 10.1 Å². The summed E-state index contributed by atoms with van der Waals surface area (Å²) < 4.78 is 32.5. The van der Waals surface area contributed by atoms with Gasteiger partial charge in [0.1, 0.15) is 12.4 Å². The lowest BCUT2D eigenvalue weighted by atomic mass is 10.1. The molecule has 0 unspecified atom stereocenters. The fraction of sp³-hybridized carbons (Fsp3) is 0.250. The molecule has 0 aliphatic heterocycles. The Labute approximate surface area is 179 Å². The second-order valence-corrected chi connectivity index (χ2v) is 9.61. The quantitative estimate of drug-likeness (QED) is 0.406. The Kier molecular flexibility index (Phi) is 6.80. The summed E-state index contributed by atoms with van der Waals surface area (Å²) in [6.45, 7) is 6.10. The lowest BCUT2D eigenvalue weighted by Crippen LogP contribution is -2.28. The largest absolute Gasteiger partial charge is 0.492 e. The van der Waals surface area contributed by atoms with Gasteiger partial charge in [-0.1, -0.05) is 35.1 Å². The molecule has 0 saturated carbocycles. The minimum absolute atomic E-state index is 0.0693. The molecule has 0 aliphatic rings. The van der Waals surface area contributed by atoms with Crippen molar-refractivity contribution in [3.8, 4) is 5.75 Å². The van der Waals surface area contributed by atoms with Gasteiger partial charge in [-0.05, 0) is 56.2 Å². The Balaban J connectivity index is 1.54. The second-order valence-electron chi connectivity index (χ2n) is 6.69. The van der Waals surface area contributed by atoms with Crippen LogP contribution in [-0.2, 0) is 10.0 Å². The molecule has 30 heavy (non-hydrogen) atoms. The van der Waals surface area contributed by atoms with E-state index in [2.05, 4.69) is 20.2 Å². The third-order valence-corrected chi connectivity index (χ3v) is 6.95. The van der Waals surface area contributed by atoms with Gasteiger partial charge < -0.3 is 4.74 Å². The molecule has 0 bridgehead atoms. The first-order valence-electron chi connectivity index (χ1n) is 9.16. The zero-order valence-electron chi connectivity index (χ0n) is 16.8. The van der Waals surface area contributed by atoms with Crippen LogP contribution in [0.25, 0.3) is 0 Å². The predicted molar refractivity (Wildman–Crippen MR) is 116 cm³/mol. The van der Waals surface area contributed by atoms with E-state index < -0.39 is 10.0 Å². The van der Waals surface area contributed by atoms with Crippen molar-refractivity contribution in [2.45, 2.75) is 25.1 Å². The van der Waals surface area contributed by atoms with Crippen LogP contribution in [0, 0.1) is 20.8 Å². The highest BCUT2D eigenvalue weighted by molar-refractivity contribution is 7.91. The van der Waals surface area contributed by atoms with Gasteiger partial charge in [0.2, 0.25) is 9.47 Å². The van der Waals surface area contributed by atoms with E-state index in [1.807, 2.05) is 45.0 Å². The normalized spacial score (nSPS) is 11.3. The summed E-state index contributed by atoms with van der Waals surface area (Å²) in [7, 11) is -3.85. The Bertz CT molecular complexity index is 1160. The molecule has 2 N–H and O–H groups in total. The number of ether oxygens (including phenoxy) is 1. The monoisotopic (exact) mass is 446 g/mol. The molecule has 158 valence electrons. The predicted octanol–water partition coefficient (Wildman–Crippen LogP) is 3.07. The summed E-state index contributed by atoms with van der Waals surface area (Å²) in [4.78, 5) is 12.3. The third-order valence-electron chi connectivity index (χ3n) is 4.28. The number of amides is 1. The van der Waals surface area contributed by atoms with Crippen LogP contribution in [0.5, 0.6) is 5.75 Å². The van der Waals surface area contributed by atoms with E-state index in [9.17, 15) is 13.2 Å². The van der Waals surface area contributed by atoms with Gasteiger partial charge in [-0.25, -0.2) is 13.1 Å². The fourth-order valence-electron chi connectivity index (χ4n) is 2.53. The fourth-order valence-corrected chi connectivity index (χ4v) is 4.48. The lowest BCUT2D eigenvalue weighted by Gasteiger charge is -2.08. The van der Waals surface area contributed by atoms with Crippen LogP contribution in [-0.4, -0.2) is 37.7 Å². The number of carbonyl (C=O) groups excluding carboxylic acids is 1. The number of nitrogens with one attached hydrogen (secondary N) is 2. The number of rotatable bonds is 8. The van der Waals surface area contributed by atoms with E-state index in [1.54, 1.807) is 18.2 Å². The number of sulfonamides is 1. The van der Waals surface area contributed by atoms with Crippen molar-refractivity contribution < 1.29 is 17.9 Å².